The number of alkyl carbamates (subject to hydrolysis) is 1. The number of hydrogen-bond donors (Lipinski definition) is 2. The molecule has 3 rings (SSSR count). The Hall–Kier alpha value is -3.11. The van der Waals surface area contributed by atoms with Gasteiger partial charge in [-0.1, -0.05) is 18.1 Å². The Morgan fingerprint density at radius 2 is 1.86 bits per heavy atom. The number of nitrogens with one attached hydrogen (secondary N) is 2. The summed E-state index contributed by atoms with van der Waals surface area (Å²) in [5, 5.41) is 7.59. The highest BCUT2D eigenvalue weighted by atomic mass is 32.2. The summed E-state index contributed by atoms with van der Waals surface area (Å²) in [5.41, 5.74) is 2.11. The summed E-state index contributed by atoms with van der Waals surface area (Å²) in [4.78, 5) is 12.6. The van der Waals surface area contributed by atoms with E-state index >= 15 is 0 Å². The summed E-state index contributed by atoms with van der Waals surface area (Å²) in [6.07, 6.45) is 0.461. The molecule has 3 aromatic rings. The second kappa shape index (κ2) is 12.0. The van der Waals surface area contributed by atoms with Crippen molar-refractivity contribution in [2.45, 2.75) is 51.2 Å². The second-order valence-corrected chi connectivity index (χ2v) is 9.57. The maximum atomic E-state index is 11.7. The molecule has 0 spiro atoms. The molecular formula is C25H33N3O6S. The van der Waals surface area contributed by atoms with Crippen molar-refractivity contribution in [3.63, 3.8) is 0 Å². The van der Waals surface area contributed by atoms with Crippen LogP contribution >= 0.6 is 11.9 Å². The van der Waals surface area contributed by atoms with Gasteiger partial charge in [-0.2, -0.15) is 0 Å². The van der Waals surface area contributed by atoms with Gasteiger partial charge in [0, 0.05) is 6.54 Å². The minimum absolute atomic E-state index is 0.321. The van der Waals surface area contributed by atoms with E-state index in [1.165, 1.54) is 17.5 Å². The van der Waals surface area contributed by atoms with Crippen molar-refractivity contribution in [1.82, 2.24) is 10.5 Å². The van der Waals surface area contributed by atoms with Crippen LogP contribution in [0.1, 0.15) is 38.8 Å². The van der Waals surface area contributed by atoms with Crippen LogP contribution in [0.5, 0.6) is 11.5 Å². The number of amides is 1. The summed E-state index contributed by atoms with van der Waals surface area (Å²) >= 11 is 1.40. The van der Waals surface area contributed by atoms with Gasteiger partial charge in [0.25, 0.3) is 0 Å². The van der Waals surface area contributed by atoms with Gasteiger partial charge in [0.05, 0.1) is 32.3 Å². The molecule has 2 aromatic carbocycles. The van der Waals surface area contributed by atoms with Gasteiger partial charge in [0.2, 0.25) is 0 Å². The molecule has 2 N–H and O–H groups in total. The normalized spacial score (nSPS) is 11.4. The molecule has 10 heteroatoms. The third-order valence-corrected chi connectivity index (χ3v) is 5.73. The van der Waals surface area contributed by atoms with Gasteiger partial charge in [-0.15, -0.1) is 0 Å². The quantitative estimate of drug-likeness (QED) is 0.257. The minimum Gasteiger partial charge on any atom is -0.496 e. The number of anilines is 1. The molecule has 0 bridgehead atoms. The van der Waals surface area contributed by atoms with Crippen molar-refractivity contribution >= 4 is 34.8 Å². The number of carbonyl (C=O) groups is 1. The van der Waals surface area contributed by atoms with Crippen molar-refractivity contribution in [3.05, 3.63) is 41.5 Å². The summed E-state index contributed by atoms with van der Waals surface area (Å²) in [6.45, 7) is 8.55. The number of carbonyl (C=O) groups excluding carboxylic acids is 1. The van der Waals surface area contributed by atoms with Gasteiger partial charge in [-0.05, 0) is 74.5 Å². The zero-order valence-electron chi connectivity index (χ0n) is 21.0. The first-order valence-corrected chi connectivity index (χ1v) is 12.2. The molecule has 0 aliphatic heterocycles. The fourth-order valence-electron chi connectivity index (χ4n) is 3.26. The third-order valence-electron chi connectivity index (χ3n) is 4.90. The predicted molar refractivity (Wildman–Crippen MR) is 136 cm³/mol. The number of ether oxygens (including phenoxy) is 4. The van der Waals surface area contributed by atoms with Crippen LogP contribution in [0.15, 0.2) is 39.8 Å². The lowest BCUT2D eigenvalue weighted by atomic mass is 10.1. The molecule has 0 aliphatic rings. The molecule has 1 amide bonds. The van der Waals surface area contributed by atoms with E-state index < -0.39 is 11.7 Å². The van der Waals surface area contributed by atoms with Gasteiger partial charge >= 0.3 is 6.09 Å². The standard InChI is InChI=1S/C25H33N3O6S/c1-7-16-8-9-18(30-5)21(14-16)35-28-23-22-19(31-6)12-17(13-20(22)34-27-23)15-32-11-10-26-24(29)33-25(2,3)4/h8-9,12-14H,7,10-11,15H2,1-6H3,(H,26,29)(H,27,28). The van der Waals surface area contributed by atoms with E-state index in [0.29, 0.717) is 36.9 Å². The van der Waals surface area contributed by atoms with Gasteiger partial charge in [0.15, 0.2) is 11.4 Å². The Labute approximate surface area is 209 Å². The fourth-order valence-corrected chi connectivity index (χ4v) is 4.07. The van der Waals surface area contributed by atoms with E-state index in [2.05, 4.69) is 34.3 Å². The van der Waals surface area contributed by atoms with Crippen molar-refractivity contribution in [3.8, 4) is 11.5 Å². The highest BCUT2D eigenvalue weighted by molar-refractivity contribution is 8.00. The molecule has 0 saturated carbocycles. The van der Waals surface area contributed by atoms with E-state index in [4.69, 9.17) is 23.5 Å². The maximum Gasteiger partial charge on any atom is 0.407 e. The number of rotatable bonds is 11. The number of fused-ring (bicyclic) bond motifs is 1. The zero-order chi connectivity index (χ0) is 25.4. The van der Waals surface area contributed by atoms with E-state index in [1.807, 2.05) is 39.0 Å². The molecule has 0 unspecified atom stereocenters. The Kier molecular flexibility index (Phi) is 9.11. The predicted octanol–water partition coefficient (Wildman–Crippen LogP) is 5.57. The summed E-state index contributed by atoms with van der Waals surface area (Å²) < 4.78 is 30.8. The largest absolute Gasteiger partial charge is 0.496 e. The topological polar surface area (TPSA) is 104 Å². The Bertz CT molecular complexity index is 1140. The Morgan fingerprint density at radius 1 is 1.09 bits per heavy atom. The van der Waals surface area contributed by atoms with E-state index in [0.717, 1.165) is 28.0 Å². The van der Waals surface area contributed by atoms with Crippen LogP contribution in [0.2, 0.25) is 0 Å². The highest BCUT2D eigenvalue weighted by Crippen LogP contribution is 2.37. The average molecular weight is 504 g/mol. The lowest BCUT2D eigenvalue weighted by Crippen LogP contribution is -2.34. The number of hydrogen-bond acceptors (Lipinski definition) is 9. The number of benzene rings is 2. The molecular weight excluding hydrogens is 470 g/mol. The summed E-state index contributed by atoms with van der Waals surface area (Å²) in [7, 11) is 3.25. The third kappa shape index (κ3) is 7.43. The molecule has 0 fully saturated rings. The van der Waals surface area contributed by atoms with Crippen molar-refractivity contribution in [1.29, 1.82) is 0 Å². The van der Waals surface area contributed by atoms with Crippen LogP contribution < -0.4 is 19.5 Å². The first-order chi connectivity index (χ1) is 16.7. The van der Waals surface area contributed by atoms with Crippen LogP contribution in [0, 0.1) is 0 Å². The maximum absolute atomic E-state index is 11.7. The zero-order valence-corrected chi connectivity index (χ0v) is 21.8. The van der Waals surface area contributed by atoms with Crippen LogP contribution in [-0.4, -0.2) is 44.2 Å². The van der Waals surface area contributed by atoms with Crippen LogP contribution in [-0.2, 0) is 22.5 Å². The van der Waals surface area contributed by atoms with Gasteiger partial charge in [-0.25, -0.2) is 4.79 Å². The van der Waals surface area contributed by atoms with Crippen molar-refractivity contribution in [2.24, 2.45) is 0 Å². The van der Waals surface area contributed by atoms with Gasteiger partial charge in [0.1, 0.15) is 22.5 Å². The molecule has 0 radical (unpaired) electrons. The lowest BCUT2D eigenvalue weighted by molar-refractivity contribution is 0.0494. The van der Waals surface area contributed by atoms with Crippen molar-refractivity contribution in [2.75, 3.05) is 32.1 Å². The number of aromatic nitrogens is 1. The molecule has 1 aromatic heterocycles. The van der Waals surface area contributed by atoms with E-state index in [1.54, 1.807) is 14.2 Å². The molecule has 1 heterocycles. The van der Waals surface area contributed by atoms with Crippen LogP contribution in [0.25, 0.3) is 11.0 Å². The SMILES string of the molecule is CCc1ccc(OC)c(SNc2noc3cc(COCCNC(=O)OC(C)(C)C)cc(OC)c23)c1. The number of aryl methyl sites for hydroxylation is 1. The minimum atomic E-state index is -0.536. The first kappa shape index (κ1) is 26.5. The van der Waals surface area contributed by atoms with Gasteiger partial charge in [-0.3, -0.25) is 0 Å². The molecule has 9 nitrogen and oxygen atoms in total. The molecule has 0 atom stereocenters. The lowest BCUT2D eigenvalue weighted by Gasteiger charge is -2.19. The van der Waals surface area contributed by atoms with E-state index in [-0.39, 0.29) is 0 Å². The van der Waals surface area contributed by atoms with Crippen LogP contribution in [0.4, 0.5) is 10.6 Å². The summed E-state index contributed by atoms with van der Waals surface area (Å²) in [6, 6.07) is 9.84. The first-order valence-electron chi connectivity index (χ1n) is 11.3. The monoisotopic (exact) mass is 503 g/mol. The average Bonchev–Trinajstić information content (AvgIpc) is 3.23. The highest BCUT2D eigenvalue weighted by Gasteiger charge is 2.17. The van der Waals surface area contributed by atoms with Crippen LogP contribution in [0.3, 0.4) is 0 Å². The number of nitrogens with zero attached hydrogens (tertiary/aromatic N) is 1. The Balaban J connectivity index is 1.62. The smallest absolute Gasteiger partial charge is 0.407 e. The molecule has 190 valence electrons. The Morgan fingerprint density at radius 3 is 2.54 bits per heavy atom. The second-order valence-electron chi connectivity index (χ2n) is 8.73. The molecule has 0 aliphatic carbocycles. The van der Waals surface area contributed by atoms with Crippen molar-refractivity contribution < 1.29 is 28.3 Å². The number of methoxy groups -OCH3 is 2. The molecule has 0 saturated heterocycles. The van der Waals surface area contributed by atoms with E-state index in [9.17, 15) is 4.79 Å². The fraction of sp³-hybridized carbons (Fsp3) is 0.440. The summed E-state index contributed by atoms with van der Waals surface area (Å²) in [5.74, 6) is 1.95. The molecule has 35 heavy (non-hydrogen) atoms. The van der Waals surface area contributed by atoms with Gasteiger partial charge < -0.3 is 33.5 Å².